The highest BCUT2D eigenvalue weighted by Gasteiger charge is 2.20. The van der Waals surface area contributed by atoms with Gasteiger partial charge in [-0.3, -0.25) is 0 Å². The SMILES string of the molecule is c1cc2c(c(-n3ccc(CNC4CC4)n3)c1)CCCC2. The van der Waals surface area contributed by atoms with Crippen molar-refractivity contribution in [3.05, 3.63) is 47.3 Å². The van der Waals surface area contributed by atoms with Gasteiger partial charge < -0.3 is 5.32 Å². The zero-order valence-corrected chi connectivity index (χ0v) is 11.8. The Balaban J connectivity index is 1.60. The second-order valence-corrected chi connectivity index (χ2v) is 6.03. The third-order valence-corrected chi connectivity index (χ3v) is 4.41. The first-order valence-corrected chi connectivity index (χ1v) is 7.79. The fourth-order valence-corrected chi connectivity index (χ4v) is 3.10. The second-order valence-electron chi connectivity index (χ2n) is 6.03. The molecule has 0 radical (unpaired) electrons. The Morgan fingerprint density at radius 3 is 2.95 bits per heavy atom. The van der Waals surface area contributed by atoms with Gasteiger partial charge in [0.25, 0.3) is 0 Å². The highest BCUT2D eigenvalue weighted by atomic mass is 15.3. The van der Waals surface area contributed by atoms with E-state index < -0.39 is 0 Å². The van der Waals surface area contributed by atoms with Crippen LogP contribution in [0, 0.1) is 0 Å². The molecule has 1 N–H and O–H groups in total. The molecule has 0 unspecified atom stereocenters. The second kappa shape index (κ2) is 5.06. The van der Waals surface area contributed by atoms with Crippen LogP contribution in [0.3, 0.4) is 0 Å². The summed E-state index contributed by atoms with van der Waals surface area (Å²) in [6.45, 7) is 0.896. The maximum atomic E-state index is 4.74. The van der Waals surface area contributed by atoms with E-state index in [4.69, 9.17) is 5.10 Å². The van der Waals surface area contributed by atoms with Gasteiger partial charge in [-0.2, -0.15) is 5.10 Å². The Morgan fingerprint density at radius 2 is 2.05 bits per heavy atom. The number of aryl methyl sites for hydroxylation is 1. The number of hydrogen-bond donors (Lipinski definition) is 1. The van der Waals surface area contributed by atoms with E-state index in [2.05, 4.69) is 40.5 Å². The van der Waals surface area contributed by atoms with Crippen molar-refractivity contribution in [2.45, 2.75) is 51.1 Å². The van der Waals surface area contributed by atoms with E-state index in [0.717, 1.165) is 18.3 Å². The zero-order valence-electron chi connectivity index (χ0n) is 11.8. The molecule has 0 amide bonds. The van der Waals surface area contributed by atoms with Crippen LogP contribution in [-0.4, -0.2) is 15.8 Å². The fraction of sp³-hybridized carbons (Fsp3) is 0.471. The van der Waals surface area contributed by atoms with Gasteiger partial charge in [-0.1, -0.05) is 12.1 Å². The summed E-state index contributed by atoms with van der Waals surface area (Å²) in [7, 11) is 0. The molecule has 0 aliphatic heterocycles. The van der Waals surface area contributed by atoms with Crippen LogP contribution < -0.4 is 5.32 Å². The van der Waals surface area contributed by atoms with Gasteiger partial charge in [-0.15, -0.1) is 0 Å². The number of benzene rings is 1. The molecule has 1 heterocycles. The van der Waals surface area contributed by atoms with Crippen LogP contribution in [0.2, 0.25) is 0 Å². The number of nitrogens with one attached hydrogen (secondary N) is 1. The van der Waals surface area contributed by atoms with Crippen molar-refractivity contribution < 1.29 is 0 Å². The van der Waals surface area contributed by atoms with E-state index >= 15 is 0 Å². The molecule has 1 fully saturated rings. The van der Waals surface area contributed by atoms with E-state index in [0.29, 0.717) is 0 Å². The van der Waals surface area contributed by atoms with E-state index in [-0.39, 0.29) is 0 Å². The molecule has 0 saturated heterocycles. The minimum atomic E-state index is 0.740. The van der Waals surface area contributed by atoms with Crippen molar-refractivity contribution >= 4 is 0 Å². The van der Waals surface area contributed by atoms with E-state index in [9.17, 15) is 0 Å². The Hall–Kier alpha value is -1.61. The molecule has 4 rings (SSSR count). The topological polar surface area (TPSA) is 29.9 Å². The van der Waals surface area contributed by atoms with Crippen LogP contribution in [-0.2, 0) is 19.4 Å². The monoisotopic (exact) mass is 267 g/mol. The van der Waals surface area contributed by atoms with Gasteiger partial charge in [0, 0.05) is 18.8 Å². The lowest BCUT2D eigenvalue weighted by molar-refractivity contribution is 0.657. The molecule has 2 aliphatic rings. The molecule has 20 heavy (non-hydrogen) atoms. The predicted octanol–water partition coefficient (Wildman–Crippen LogP) is 3.00. The standard InChI is InChI=1S/C17H21N3/c1-2-6-16-13(4-1)5-3-7-17(16)20-11-10-15(19-20)12-18-14-8-9-14/h3,5,7,10-11,14,18H,1-2,4,6,8-9,12H2. The minimum Gasteiger partial charge on any atom is -0.308 e. The summed E-state index contributed by atoms with van der Waals surface area (Å²) in [6, 6.07) is 9.53. The Morgan fingerprint density at radius 1 is 1.15 bits per heavy atom. The van der Waals surface area contributed by atoms with E-state index in [1.54, 1.807) is 0 Å². The van der Waals surface area contributed by atoms with Crippen molar-refractivity contribution in [2.75, 3.05) is 0 Å². The predicted molar refractivity (Wildman–Crippen MR) is 80.1 cm³/mol. The minimum absolute atomic E-state index is 0.740. The molecule has 1 saturated carbocycles. The van der Waals surface area contributed by atoms with Crippen LogP contribution >= 0.6 is 0 Å². The first-order valence-electron chi connectivity index (χ1n) is 7.79. The molecular formula is C17H21N3. The van der Waals surface area contributed by atoms with Crippen molar-refractivity contribution in [2.24, 2.45) is 0 Å². The van der Waals surface area contributed by atoms with Gasteiger partial charge in [0.05, 0.1) is 11.4 Å². The summed E-state index contributed by atoms with van der Waals surface area (Å²) in [5, 5.41) is 8.27. The average Bonchev–Trinajstić information content (AvgIpc) is 3.21. The summed E-state index contributed by atoms with van der Waals surface area (Å²) in [6.07, 6.45) is 9.81. The van der Waals surface area contributed by atoms with Gasteiger partial charge in [0.2, 0.25) is 0 Å². The maximum Gasteiger partial charge on any atom is 0.0766 e. The maximum absolute atomic E-state index is 4.74. The van der Waals surface area contributed by atoms with Crippen molar-refractivity contribution in [1.82, 2.24) is 15.1 Å². The highest BCUT2D eigenvalue weighted by Crippen LogP contribution is 2.26. The lowest BCUT2D eigenvalue weighted by Crippen LogP contribution is -2.16. The third-order valence-electron chi connectivity index (χ3n) is 4.41. The number of rotatable bonds is 4. The van der Waals surface area contributed by atoms with Crippen LogP contribution in [0.15, 0.2) is 30.5 Å². The summed E-state index contributed by atoms with van der Waals surface area (Å²) in [5.74, 6) is 0. The van der Waals surface area contributed by atoms with Gasteiger partial charge in [-0.25, -0.2) is 4.68 Å². The molecule has 3 heteroatoms. The molecule has 1 aromatic heterocycles. The molecular weight excluding hydrogens is 246 g/mol. The zero-order chi connectivity index (χ0) is 13.4. The number of fused-ring (bicyclic) bond motifs is 1. The van der Waals surface area contributed by atoms with E-state index in [1.165, 1.54) is 55.3 Å². The molecule has 0 atom stereocenters. The summed E-state index contributed by atoms with van der Waals surface area (Å²) in [4.78, 5) is 0. The van der Waals surface area contributed by atoms with Gasteiger partial charge in [0.15, 0.2) is 0 Å². The molecule has 3 nitrogen and oxygen atoms in total. The summed E-state index contributed by atoms with van der Waals surface area (Å²) < 4.78 is 2.06. The molecule has 0 bridgehead atoms. The summed E-state index contributed by atoms with van der Waals surface area (Å²) in [5.41, 5.74) is 5.44. The first kappa shape index (κ1) is 12.2. The number of hydrogen-bond acceptors (Lipinski definition) is 2. The van der Waals surface area contributed by atoms with Crippen LogP contribution in [0.5, 0.6) is 0 Å². The van der Waals surface area contributed by atoms with Gasteiger partial charge >= 0.3 is 0 Å². The van der Waals surface area contributed by atoms with Gasteiger partial charge in [-0.05, 0) is 61.8 Å². The molecule has 2 aromatic rings. The van der Waals surface area contributed by atoms with Gasteiger partial charge in [0.1, 0.15) is 0 Å². The molecule has 0 spiro atoms. The molecule has 1 aromatic carbocycles. The van der Waals surface area contributed by atoms with Crippen molar-refractivity contribution in [1.29, 1.82) is 0 Å². The summed E-state index contributed by atoms with van der Waals surface area (Å²) >= 11 is 0. The van der Waals surface area contributed by atoms with Crippen molar-refractivity contribution in [3.63, 3.8) is 0 Å². The Labute approximate surface area is 120 Å². The Kier molecular flexibility index (Phi) is 3.07. The van der Waals surface area contributed by atoms with Crippen LogP contribution in [0.25, 0.3) is 5.69 Å². The lowest BCUT2D eigenvalue weighted by Gasteiger charge is -2.19. The fourth-order valence-electron chi connectivity index (χ4n) is 3.10. The smallest absolute Gasteiger partial charge is 0.0766 e. The third kappa shape index (κ3) is 2.38. The number of aromatic nitrogens is 2. The van der Waals surface area contributed by atoms with Crippen LogP contribution in [0.1, 0.15) is 42.5 Å². The average molecular weight is 267 g/mol. The van der Waals surface area contributed by atoms with E-state index in [1.807, 2.05) is 0 Å². The number of nitrogens with zero attached hydrogens (tertiary/aromatic N) is 2. The lowest BCUT2D eigenvalue weighted by atomic mass is 9.90. The van der Waals surface area contributed by atoms with Crippen molar-refractivity contribution in [3.8, 4) is 5.69 Å². The quantitative estimate of drug-likeness (QED) is 0.923. The molecule has 2 aliphatic carbocycles. The first-order chi connectivity index (χ1) is 9.90. The highest BCUT2D eigenvalue weighted by molar-refractivity contribution is 5.46. The largest absolute Gasteiger partial charge is 0.308 e. The Bertz CT molecular complexity index is 610. The van der Waals surface area contributed by atoms with Crippen LogP contribution in [0.4, 0.5) is 0 Å². The molecule has 104 valence electrons. The normalized spacial score (nSPS) is 18.0.